The number of allylic oxidation sites excluding steroid dienone is 1. The summed E-state index contributed by atoms with van der Waals surface area (Å²) in [5.41, 5.74) is 2.44. The van der Waals surface area contributed by atoms with Crippen LogP contribution in [0.15, 0.2) is 73.3 Å². The van der Waals surface area contributed by atoms with Crippen molar-refractivity contribution in [2.24, 2.45) is 0 Å². The number of hydrogen-bond donors (Lipinski definition) is 0. The Balaban J connectivity index is 1.23. The molecule has 190 valence electrons. The highest BCUT2D eigenvalue weighted by Crippen LogP contribution is 2.45. The van der Waals surface area contributed by atoms with Crippen LogP contribution in [-0.4, -0.2) is 30.7 Å². The van der Waals surface area contributed by atoms with Crippen molar-refractivity contribution in [1.82, 2.24) is 0 Å². The fourth-order valence-corrected chi connectivity index (χ4v) is 5.25. The van der Waals surface area contributed by atoms with Crippen LogP contribution in [0.2, 0.25) is 0 Å². The Morgan fingerprint density at radius 3 is 2.34 bits per heavy atom. The molecule has 2 aromatic carbocycles. The molecule has 4 atom stereocenters. The summed E-state index contributed by atoms with van der Waals surface area (Å²) in [6.45, 7) is 5.97. The molecule has 2 aromatic rings. The third kappa shape index (κ3) is 8.01. The van der Waals surface area contributed by atoms with E-state index in [2.05, 4.69) is 55.1 Å². The summed E-state index contributed by atoms with van der Waals surface area (Å²) < 4.78 is 25.5. The van der Waals surface area contributed by atoms with E-state index >= 15 is 0 Å². The van der Waals surface area contributed by atoms with E-state index in [0.717, 1.165) is 70.8 Å². The molecule has 0 amide bonds. The van der Waals surface area contributed by atoms with Crippen molar-refractivity contribution in [3.63, 3.8) is 0 Å². The van der Waals surface area contributed by atoms with Crippen molar-refractivity contribution >= 4 is 0 Å². The van der Waals surface area contributed by atoms with Crippen molar-refractivity contribution in [3.8, 4) is 0 Å². The Hall–Kier alpha value is -1.98. The van der Waals surface area contributed by atoms with E-state index in [0.29, 0.717) is 13.2 Å². The molecule has 4 heteroatoms. The minimum atomic E-state index is -0.415. The SMILES string of the molecule is C=CCCCC[C@]12CC[C@H](OCc3ccccc3)[C@H](O1)[C@H](CCCCCOCc1ccccc1)O2. The average molecular weight is 479 g/mol. The van der Waals surface area contributed by atoms with Gasteiger partial charge in [-0.25, -0.2) is 0 Å². The van der Waals surface area contributed by atoms with Gasteiger partial charge < -0.3 is 18.9 Å². The first-order valence-electron chi connectivity index (χ1n) is 13.5. The molecule has 0 spiro atoms. The number of benzene rings is 2. The number of unbranched alkanes of at least 4 members (excludes halogenated alkanes) is 4. The highest BCUT2D eigenvalue weighted by molar-refractivity contribution is 5.14. The van der Waals surface area contributed by atoms with Gasteiger partial charge in [0.1, 0.15) is 6.10 Å². The average Bonchev–Trinajstić information content (AvgIpc) is 3.19. The Labute approximate surface area is 211 Å². The fourth-order valence-electron chi connectivity index (χ4n) is 5.25. The molecule has 2 aliphatic heterocycles. The van der Waals surface area contributed by atoms with Gasteiger partial charge in [-0.05, 0) is 49.7 Å². The maximum atomic E-state index is 6.66. The van der Waals surface area contributed by atoms with Gasteiger partial charge in [0.25, 0.3) is 0 Å². The summed E-state index contributed by atoms with van der Waals surface area (Å²) in [6.07, 6.45) is 12.8. The molecule has 4 rings (SSSR count). The molecule has 2 bridgehead atoms. The Bertz CT molecular complexity index is 855. The summed E-state index contributed by atoms with van der Waals surface area (Å²) in [4.78, 5) is 0. The summed E-state index contributed by atoms with van der Waals surface area (Å²) in [5, 5.41) is 0. The van der Waals surface area contributed by atoms with Crippen LogP contribution in [0.5, 0.6) is 0 Å². The number of rotatable bonds is 16. The van der Waals surface area contributed by atoms with Gasteiger partial charge >= 0.3 is 0 Å². The van der Waals surface area contributed by atoms with Gasteiger partial charge in [-0.1, -0.05) is 79.6 Å². The van der Waals surface area contributed by atoms with E-state index in [1.807, 2.05) is 18.2 Å². The number of hydrogen-bond acceptors (Lipinski definition) is 4. The second-order valence-electron chi connectivity index (χ2n) is 9.95. The van der Waals surface area contributed by atoms with Crippen LogP contribution < -0.4 is 0 Å². The third-order valence-corrected chi connectivity index (χ3v) is 7.17. The quantitative estimate of drug-likeness (QED) is 0.186. The Morgan fingerprint density at radius 1 is 0.857 bits per heavy atom. The third-order valence-electron chi connectivity index (χ3n) is 7.17. The molecule has 2 fully saturated rings. The molecule has 0 N–H and O–H groups in total. The topological polar surface area (TPSA) is 36.9 Å². The molecule has 0 aromatic heterocycles. The molecule has 0 aliphatic carbocycles. The maximum absolute atomic E-state index is 6.66. The first-order chi connectivity index (χ1) is 17.3. The molecular weight excluding hydrogens is 436 g/mol. The molecule has 4 nitrogen and oxygen atoms in total. The lowest BCUT2D eigenvalue weighted by atomic mass is 9.94. The lowest BCUT2D eigenvalue weighted by molar-refractivity contribution is -0.221. The maximum Gasteiger partial charge on any atom is 0.169 e. The fraction of sp³-hybridized carbons (Fsp3) is 0.548. The smallest absolute Gasteiger partial charge is 0.169 e. The summed E-state index contributed by atoms with van der Waals surface area (Å²) >= 11 is 0. The summed E-state index contributed by atoms with van der Waals surface area (Å²) in [7, 11) is 0. The Morgan fingerprint density at radius 2 is 1.60 bits per heavy atom. The normalized spacial score (nSPS) is 25.5. The minimum absolute atomic E-state index is 0.0289. The monoisotopic (exact) mass is 478 g/mol. The standard InChI is InChI=1S/C31H42O4/c1-2-3-4-13-21-31-22-20-28(33-25-27-17-10-6-11-18-27)30(35-31)29(34-31)19-12-7-14-23-32-24-26-15-8-5-9-16-26/h2,5-6,8-11,15-18,28-30H,1,3-4,7,12-14,19-25H2/t28-,29-,30-,31+/m0/s1. The predicted octanol–water partition coefficient (Wildman–Crippen LogP) is 7.37. The zero-order chi connectivity index (χ0) is 24.2. The second kappa shape index (κ2) is 13.9. The van der Waals surface area contributed by atoms with Crippen LogP contribution >= 0.6 is 0 Å². The summed E-state index contributed by atoms with van der Waals surface area (Å²) in [6, 6.07) is 20.8. The number of fused-ring (bicyclic) bond motifs is 2. The van der Waals surface area contributed by atoms with Gasteiger partial charge in [0.2, 0.25) is 0 Å². The van der Waals surface area contributed by atoms with Crippen molar-refractivity contribution < 1.29 is 18.9 Å². The molecule has 0 radical (unpaired) electrons. The van der Waals surface area contributed by atoms with Crippen molar-refractivity contribution in [2.45, 2.75) is 102 Å². The molecular formula is C31H42O4. The van der Waals surface area contributed by atoms with E-state index in [9.17, 15) is 0 Å². The van der Waals surface area contributed by atoms with Crippen LogP contribution in [0.25, 0.3) is 0 Å². The molecule has 2 saturated heterocycles. The minimum Gasteiger partial charge on any atom is -0.377 e. The van der Waals surface area contributed by atoms with Crippen LogP contribution in [-0.2, 0) is 32.2 Å². The van der Waals surface area contributed by atoms with E-state index in [-0.39, 0.29) is 18.3 Å². The van der Waals surface area contributed by atoms with Crippen molar-refractivity contribution in [3.05, 3.63) is 84.4 Å². The highest BCUT2D eigenvalue weighted by atomic mass is 16.8. The zero-order valence-electron chi connectivity index (χ0n) is 21.1. The lowest BCUT2D eigenvalue weighted by Crippen LogP contribution is -2.43. The van der Waals surface area contributed by atoms with E-state index in [4.69, 9.17) is 18.9 Å². The predicted molar refractivity (Wildman–Crippen MR) is 140 cm³/mol. The summed E-state index contributed by atoms with van der Waals surface area (Å²) in [5.74, 6) is -0.415. The zero-order valence-corrected chi connectivity index (χ0v) is 21.1. The second-order valence-corrected chi connectivity index (χ2v) is 9.95. The molecule has 35 heavy (non-hydrogen) atoms. The highest BCUT2D eigenvalue weighted by Gasteiger charge is 2.53. The largest absolute Gasteiger partial charge is 0.377 e. The van der Waals surface area contributed by atoms with Gasteiger partial charge in [-0.15, -0.1) is 6.58 Å². The van der Waals surface area contributed by atoms with Crippen molar-refractivity contribution in [1.29, 1.82) is 0 Å². The van der Waals surface area contributed by atoms with Gasteiger partial charge in [0.15, 0.2) is 5.79 Å². The molecule has 2 heterocycles. The Kier molecular flexibility index (Phi) is 10.4. The van der Waals surface area contributed by atoms with Crippen LogP contribution in [0.4, 0.5) is 0 Å². The number of ether oxygens (including phenoxy) is 4. The molecule has 0 unspecified atom stereocenters. The van der Waals surface area contributed by atoms with E-state index in [1.54, 1.807) is 0 Å². The van der Waals surface area contributed by atoms with Gasteiger partial charge in [-0.2, -0.15) is 0 Å². The first kappa shape index (κ1) is 26.1. The van der Waals surface area contributed by atoms with E-state index in [1.165, 1.54) is 11.1 Å². The molecule has 2 aliphatic rings. The van der Waals surface area contributed by atoms with Gasteiger partial charge in [-0.3, -0.25) is 0 Å². The van der Waals surface area contributed by atoms with Crippen LogP contribution in [0.3, 0.4) is 0 Å². The van der Waals surface area contributed by atoms with Gasteiger partial charge in [0.05, 0.1) is 25.4 Å². The van der Waals surface area contributed by atoms with Crippen LogP contribution in [0, 0.1) is 0 Å². The van der Waals surface area contributed by atoms with E-state index < -0.39 is 5.79 Å². The van der Waals surface area contributed by atoms with Crippen molar-refractivity contribution in [2.75, 3.05) is 6.61 Å². The van der Waals surface area contributed by atoms with Crippen LogP contribution in [0.1, 0.15) is 75.3 Å². The van der Waals surface area contributed by atoms with Gasteiger partial charge in [0, 0.05) is 19.4 Å². The first-order valence-corrected chi connectivity index (χ1v) is 13.5. The lowest BCUT2D eigenvalue weighted by Gasteiger charge is -2.35. The molecule has 0 saturated carbocycles.